The first-order valence-electron chi connectivity index (χ1n) is 4.44. The minimum absolute atomic E-state index is 0. The highest BCUT2D eigenvalue weighted by Crippen LogP contribution is 2.22. The van der Waals surface area contributed by atoms with Crippen molar-refractivity contribution in [2.75, 3.05) is 0 Å². The van der Waals surface area contributed by atoms with E-state index in [1.165, 1.54) is 12.1 Å². The zero-order valence-electron chi connectivity index (χ0n) is 8.28. The number of nitrogens with two attached hydrogens (primary N) is 1. The quantitative estimate of drug-likeness (QED) is 0.901. The summed E-state index contributed by atoms with van der Waals surface area (Å²) in [5.74, 6) is -0.354. The molecular weight excluding hydrogens is 284 g/mol. The van der Waals surface area contributed by atoms with Gasteiger partial charge in [0.15, 0.2) is 0 Å². The third kappa shape index (κ3) is 4.07. The van der Waals surface area contributed by atoms with Crippen LogP contribution in [0.1, 0.15) is 24.9 Å². The molecule has 0 saturated carbocycles. The van der Waals surface area contributed by atoms with Crippen molar-refractivity contribution in [3.63, 3.8) is 0 Å². The van der Waals surface area contributed by atoms with Crippen LogP contribution in [0.15, 0.2) is 22.7 Å². The predicted octanol–water partition coefficient (Wildman–Crippen LogP) is 2.78. The van der Waals surface area contributed by atoms with Gasteiger partial charge in [0, 0.05) is 4.47 Å². The Bertz CT molecular complexity index is 304. The number of hydrogen-bond acceptors (Lipinski definition) is 2. The summed E-state index contributed by atoms with van der Waals surface area (Å²) in [7, 11) is 0. The van der Waals surface area contributed by atoms with Crippen molar-refractivity contribution in [3.8, 4) is 0 Å². The van der Waals surface area contributed by atoms with E-state index in [4.69, 9.17) is 5.73 Å². The Morgan fingerprint density at radius 2 is 2.07 bits per heavy atom. The Morgan fingerprint density at radius 1 is 1.47 bits per heavy atom. The largest absolute Gasteiger partial charge is 0.391 e. The van der Waals surface area contributed by atoms with E-state index in [-0.39, 0.29) is 18.2 Å². The second-order valence-corrected chi connectivity index (χ2v) is 4.12. The lowest BCUT2D eigenvalue weighted by atomic mass is 10.0. The number of hydrogen-bond donors (Lipinski definition) is 2. The van der Waals surface area contributed by atoms with Gasteiger partial charge in [0.05, 0.1) is 12.1 Å². The summed E-state index contributed by atoms with van der Waals surface area (Å²) >= 11 is 3.18. The fourth-order valence-corrected chi connectivity index (χ4v) is 1.73. The normalized spacial score (nSPS) is 14.2. The van der Waals surface area contributed by atoms with E-state index in [1.807, 2.05) is 6.92 Å². The molecule has 0 radical (unpaired) electrons. The van der Waals surface area contributed by atoms with Crippen LogP contribution < -0.4 is 5.73 Å². The molecule has 1 rings (SSSR count). The van der Waals surface area contributed by atoms with E-state index in [9.17, 15) is 9.50 Å². The minimum Gasteiger partial charge on any atom is -0.391 e. The van der Waals surface area contributed by atoms with Crippen LogP contribution in [0.3, 0.4) is 0 Å². The topological polar surface area (TPSA) is 46.2 Å². The first-order valence-corrected chi connectivity index (χ1v) is 5.23. The molecule has 3 N–H and O–H groups in total. The number of rotatable bonds is 3. The molecule has 1 aromatic rings. The molecule has 0 unspecified atom stereocenters. The van der Waals surface area contributed by atoms with Gasteiger partial charge in [-0.15, -0.1) is 12.4 Å². The molecule has 0 fully saturated rings. The van der Waals surface area contributed by atoms with Gasteiger partial charge in [-0.2, -0.15) is 0 Å². The average molecular weight is 299 g/mol. The molecule has 0 saturated heterocycles. The van der Waals surface area contributed by atoms with Crippen molar-refractivity contribution in [3.05, 3.63) is 34.1 Å². The van der Waals surface area contributed by atoms with Crippen LogP contribution in [-0.4, -0.2) is 11.2 Å². The van der Waals surface area contributed by atoms with E-state index in [2.05, 4.69) is 15.9 Å². The molecule has 15 heavy (non-hydrogen) atoms. The first-order chi connectivity index (χ1) is 6.54. The Balaban J connectivity index is 0.00000196. The summed E-state index contributed by atoms with van der Waals surface area (Å²) in [5, 5.41) is 9.50. The van der Waals surface area contributed by atoms with Crippen LogP contribution in [-0.2, 0) is 0 Å². The fourth-order valence-electron chi connectivity index (χ4n) is 1.24. The minimum atomic E-state index is -0.635. The molecule has 1 aromatic carbocycles. The van der Waals surface area contributed by atoms with Gasteiger partial charge in [0.25, 0.3) is 0 Å². The van der Waals surface area contributed by atoms with E-state index >= 15 is 0 Å². The lowest BCUT2D eigenvalue weighted by Crippen LogP contribution is -2.25. The summed E-state index contributed by atoms with van der Waals surface area (Å²) in [6.45, 7) is 1.83. The van der Waals surface area contributed by atoms with Gasteiger partial charge in [-0.1, -0.05) is 22.9 Å². The maximum absolute atomic E-state index is 13.0. The predicted molar refractivity (Wildman–Crippen MR) is 64.6 cm³/mol. The molecule has 0 aliphatic heterocycles. The van der Waals surface area contributed by atoms with Crippen molar-refractivity contribution < 1.29 is 9.50 Å². The lowest BCUT2D eigenvalue weighted by Gasteiger charge is -2.17. The first kappa shape index (κ1) is 14.8. The summed E-state index contributed by atoms with van der Waals surface area (Å²) < 4.78 is 13.6. The number of aliphatic hydroxyl groups excluding tert-OH is 1. The zero-order valence-corrected chi connectivity index (χ0v) is 10.7. The van der Waals surface area contributed by atoms with Crippen molar-refractivity contribution >= 4 is 28.3 Å². The third-order valence-corrected chi connectivity index (χ3v) is 2.56. The Kier molecular flexibility index (Phi) is 6.36. The van der Waals surface area contributed by atoms with Gasteiger partial charge in [-0.3, -0.25) is 0 Å². The van der Waals surface area contributed by atoms with Crippen LogP contribution in [0.4, 0.5) is 4.39 Å². The second-order valence-electron chi connectivity index (χ2n) is 3.20. The van der Waals surface area contributed by atoms with Crippen LogP contribution in [0.2, 0.25) is 0 Å². The Morgan fingerprint density at radius 3 is 2.53 bits per heavy atom. The van der Waals surface area contributed by atoms with Crippen molar-refractivity contribution in [2.24, 2.45) is 5.73 Å². The van der Waals surface area contributed by atoms with E-state index < -0.39 is 12.1 Å². The summed E-state index contributed by atoms with van der Waals surface area (Å²) in [5.41, 5.74) is 6.35. The molecular formula is C10H14BrClFNO. The van der Waals surface area contributed by atoms with Crippen LogP contribution in [0, 0.1) is 5.82 Å². The number of benzene rings is 1. The zero-order chi connectivity index (χ0) is 10.7. The second kappa shape index (κ2) is 6.43. The summed E-state index contributed by atoms with van der Waals surface area (Å²) in [4.78, 5) is 0. The molecule has 2 atom stereocenters. The molecule has 5 heteroatoms. The highest BCUT2D eigenvalue weighted by atomic mass is 79.9. The van der Waals surface area contributed by atoms with Crippen LogP contribution in [0.5, 0.6) is 0 Å². The molecule has 0 spiro atoms. The van der Waals surface area contributed by atoms with E-state index in [0.717, 1.165) is 0 Å². The van der Waals surface area contributed by atoms with Crippen LogP contribution in [0.25, 0.3) is 0 Å². The van der Waals surface area contributed by atoms with Crippen molar-refractivity contribution in [2.45, 2.75) is 25.5 Å². The van der Waals surface area contributed by atoms with Crippen molar-refractivity contribution in [1.82, 2.24) is 0 Å². The van der Waals surface area contributed by atoms with Gasteiger partial charge < -0.3 is 10.8 Å². The smallest absolute Gasteiger partial charge is 0.124 e. The monoisotopic (exact) mass is 297 g/mol. The summed E-state index contributed by atoms with van der Waals surface area (Å²) in [6, 6.07) is 3.88. The fraction of sp³-hybridized carbons (Fsp3) is 0.400. The van der Waals surface area contributed by atoms with Gasteiger partial charge in [-0.05, 0) is 30.2 Å². The molecule has 0 bridgehead atoms. The lowest BCUT2D eigenvalue weighted by molar-refractivity contribution is 0.140. The molecule has 2 nitrogen and oxygen atoms in total. The molecule has 0 amide bonds. The number of aliphatic hydroxyl groups is 1. The maximum Gasteiger partial charge on any atom is 0.124 e. The van der Waals surface area contributed by atoms with E-state index in [1.54, 1.807) is 6.07 Å². The Hall–Kier alpha value is -0.160. The summed E-state index contributed by atoms with van der Waals surface area (Å²) in [6.07, 6.45) is -0.0846. The Labute approximate surface area is 103 Å². The maximum atomic E-state index is 13.0. The standard InChI is InChI=1S/C10H13BrFNO.ClH/c1-2-9(14)10(13)6-3-7(11)5-8(12)4-6;/h3-5,9-10,14H,2,13H2,1H3;1H/t9-,10+;/m1./s1. The van der Waals surface area contributed by atoms with Crippen molar-refractivity contribution in [1.29, 1.82) is 0 Å². The van der Waals surface area contributed by atoms with E-state index in [0.29, 0.717) is 16.5 Å². The van der Waals surface area contributed by atoms with Gasteiger partial charge in [-0.25, -0.2) is 4.39 Å². The van der Waals surface area contributed by atoms with Crippen LogP contribution >= 0.6 is 28.3 Å². The SMILES string of the molecule is CC[C@@H](O)[C@@H](N)c1cc(F)cc(Br)c1.Cl. The van der Waals surface area contributed by atoms with Gasteiger partial charge in [0.1, 0.15) is 5.82 Å². The molecule has 86 valence electrons. The molecule has 0 aliphatic carbocycles. The number of halogens is 3. The molecule has 0 aromatic heterocycles. The highest BCUT2D eigenvalue weighted by molar-refractivity contribution is 9.10. The highest BCUT2D eigenvalue weighted by Gasteiger charge is 2.15. The third-order valence-electron chi connectivity index (χ3n) is 2.10. The van der Waals surface area contributed by atoms with Gasteiger partial charge >= 0.3 is 0 Å². The van der Waals surface area contributed by atoms with Gasteiger partial charge in [0.2, 0.25) is 0 Å². The molecule has 0 heterocycles. The average Bonchev–Trinajstić information content (AvgIpc) is 2.14. The molecule has 0 aliphatic rings.